The van der Waals surface area contributed by atoms with E-state index in [0.29, 0.717) is 28.0 Å². The van der Waals surface area contributed by atoms with Gasteiger partial charge >= 0.3 is 0 Å². The Balaban J connectivity index is 2.00. The van der Waals surface area contributed by atoms with Crippen LogP contribution in [0.2, 0.25) is 10.3 Å². The first-order valence-electron chi connectivity index (χ1n) is 7.79. The molecule has 0 saturated carbocycles. The quantitative estimate of drug-likeness (QED) is 0.485. The standard InChI is InChI=1S/C16H18Cl2N6O/c1-8(2)11(7-25)20-16-23-13(12-14(24-16)22-15(18)21-12)19-10-5-3-4-9(17)6-10/h3-6,8,11,25H,7H2,1-2H3,(H3,19,20,21,22,23,24). The number of hydrogen-bond donors (Lipinski definition) is 4. The Kier molecular flexibility index (Phi) is 5.27. The van der Waals surface area contributed by atoms with Gasteiger partial charge in [-0.2, -0.15) is 15.0 Å². The van der Waals surface area contributed by atoms with Gasteiger partial charge < -0.3 is 20.7 Å². The summed E-state index contributed by atoms with van der Waals surface area (Å²) in [6, 6.07) is 7.10. The highest BCUT2D eigenvalue weighted by atomic mass is 35.5. The molecule has 1 unspecified atom stereocenters. The number of aromatic nitrogens is 4. The number of imidazole rings is 1. The zero-order valence-corrected chi connectivity index (χ0v) is 15.2. The van der Waals surface area contributed by atoms with Crippen molar-refractivity contribution in [3.05, 3.63) is 34.6 Å². The normalized spacial score (nSPS) is 12.6. The predicted molar refractivity (Wildman–Crippen MR) is 101 cm³/mol. The van der Waals surface area contributed by atoms with E-state index in [2.05, 4.69) is 30.6 Å². The fourth-order valence-electron chi connectivity index (χ4n) is 2.32. The molecule has 3 rings (SSSR count). The summed E-state index contributed by atoms with van der Waals surface area (Å²) in [5, 5.41) is 16.7. The van der Waals surface area contributed by atoms with Crippen molar-refractivity contribution < 1.29 is 5.11 Å². The molecule has 9 heteroatoms. The number of nitrogens with one attached hydrogen (secondary N) is 3. The molecule has 0 saturated heterocycles. The van der Waals surface area contributed by atoms with Crippen molar-refractivity contribution in [3.8, 4) is 0 Å². The average molecular weight is 381 g/mol. The molecule has 0 aliphatic heterocycles. The zero-order valence-electron chi connectivity index (χ0n) is 13.7. The highest BCUT2D eigenvalue weighted by Crippen LogP contribution is 2.26. The van der Waals surface area contributed by atoms with Gasteiger partial charge in [-0.05, 0) is 35.7 Å². The van der Waals surface area contributed by atoms with Crippen molar-refractivity contribution in [3.63, 3.8) is 0 Å². The van der Waals surface area contributed by atoms with Gasteiger partial charge in [-0.1, -0.05) is 31.5 Å². The molecule has 0 aliphatic carbocycles. The number of aliphatic hydroxyl groups is 1. The topological polar surface area (TPSA) is 98.8 Å². The van der Waals surface area contributed by atoms with E-state index in [9.17, 15) is 5.11 Å². The summed E-state index contributed by atoms with van der Waals surface area (Å²) in [6.07, 6.45) is 0. The van der Waals surface area contributed by atoms with E-state index in [1.54, 1.807) is 12.1 Å². The number of halogens is 2. The van der Waals surface area contributed by atoms with Gasteiger partial charge in [0, 0.05) is 10.7 Å². The Bertz CT molecular complexity index is 882. The van der Waals surface area contributed by atoms with E-state index in [1.807, 2.05) is 26.0 Å². The number of rotatable bonds is 6. The Morgan fingerprint density at radius 3 is 2.68 bits per heavy atom. The van der Waals surface area contributed by atoms with Crippen LogP contribution in [-0.4, -0.2) is 37.7 Å². The fourth-order valence-corrected chi connectivity index (χ4v) is 2.68. The molecule has 3 aromatic rings. The Hall–Kier alpha value is -2.09. The van der Waals surface area contributed by atoms with Gasteiger partial charge in [-0.15, -0.1) is 0 Å². The molecule has 0 amide bonds. The molecule has 1 aromatic carbocycles. The molecular weight excluding hydrogens is 363 g/mol. The second-order valence-electron chi connectivity index (χ2n) is 5.93. The molecule has 25 heavy (non-hydrogen) atoms. The summed E-state index contributed by atoms with van der Waals surface area (Å²) in [7, 11) is 0. The molecule has 0 radical (unpaired) electrons. The summed E-state index contributed by atoms with van der Waals surface area (Å²) >= 11 is 12.0. The first kappa shape index (κ1) is 17.7. The van der Waals surface area contributed by atoms with E-state index in [4.69, 9.17) is 23.2 Å². The summed E-state index contributed by atoms with van der Waals surface area (Å²) in [5.74, 6) is 1.07. The van der Waals surface area contributed by atoms with Crippen LogP contribution in [-0.2, 0) is 0 Å². The number of fused-ring (bicyclic) bond motifs is 1. The molecule has 4 N–H and O–H groups in total. The molecule has 2 aromatic heterocycles. The number of hydrogen-bond acceptors (Lipinski definition) is 6. The average Bonchev–Trinajstić information content (AvgIpc) is 2.93. The van der Waals surface area contributed by atoms with Crippen LogP contribution in [0.25, 0.3) is 11.2 Å². The van der Waals surface area contributed by atoms with Crippen LogP contribution in [0.1, 0.15) is 13.8 Å². The first-order chi connectivity index (χ1) is 12.0. The molecule has 0 bridgehead atoms. The number of anilines is 3. The number of H-pyrrole nitrogens is 1. The Morgan fingerprint density at radius 2 is 2.00 bits per heavy atom. The summed E-state index contributed by atoms with van der Waals surface area (Å²) in [4.78, 5) is 15.9. The minimum absolute atomic E-state index is 0.0303. The third-order valence-electron chi connectivity index (χ3n) is 3.73. The number of benzene rings is 1. The molecule has 0 aliphatic rings. The minimum atomic E-state index is -0.175. The van der Waals surface area contributed by atoms with Crippen molar-refractivity contribution in [2.24, 2.45) is 5.92 Å². The number of aliphatic hydroxyl groups excluding tert-OH is 1. The van der Waals surface area contributed by atoms with E-state index >= 15 is 0 Å². The van der Waals surface area contributed by atoms with E-state index in [0.717, 1.165) is 5.69 Å². The van der Waals surface area contributed by atoms with Gasteiger partial charge in [-0.25, -0.2) is 0 Å². The third-order valence-corrected chi connectivity index (χ3v) is 4.14. The lowest BCUT2D eigenvalue weighted by atomic mass is 10.1. The van der Waals surface area contributed by atoms with E-state index < -0.39 is 0 Å². The first-order valence-corrected chi connectivity index (χ1v) is 8.55. The van der Waals surface area contributed by atoms with Crippen LogP contribution in [0.15, 0.2) is 24.3 Å². The van der Waals surface area contributed by atoms with Gasteiger partial charge in [0.05, 0.1) is 12.6 Å². The molecular formula is C16H18Cl2N6O. The van der Waals surface area contributed by atoms with Gasteiger partial charge in [-0.3, -0.25) is 0 Å². The zero-order chi connectivity index (χ0) is 18.0. The van der Waals surface area contributed by atoms with Gasteiger partial charge in [0.15, 0.2) is 11.5 Å². The number of aromatic amines is 1. The second-order valence-corrected chi connectivity index (χ2v) is 6.73. The largest absolute Gasteiger partial charge is 0.394 e. The third kappa shape index (κ3) is 4.12. The van der Waals surface area contributed by atoms with Gasteiger partial charge in [0.2, 0.25) is 11.2 Å². The molecule has 2 heterocycles. The van der Waals surface area contributed by atoms with Crippen molar-refractivity contribution in [2.75, 3.05) is 17.2 Å². The summed E-state index contributed by atoms with van der Waals surface area (Å²) in [5.41, 5.74) is 1.78. The monoisotopic (exact) mass is 380 g/mol. The van der Waals surface area contributed by atoms with Crippen molar-refractivity contribution in [2.45, 2.75) is 19.9 Å². The maximum Gasteiger partial charge on any atom is 0.227 e. The predicted octanol–water partition coefficient (Wildman–Crippen LogP) is 3.83. The lowest BCUT2D eigenvalue weighted by molar-refractivity contribution is 0.248. The molecule has 0 spiro atoms. The van der Waals surface area contributed by atoms with Crippen molar-refractivity contribution >= 4 is 51.8 Å². The fraction of sp³-hybridized carbons (Fsp3) is 0.312. The second kappa shape index (κ2) is 7.43. The van der Waals surface area contributed by atoms with Gasteiger partial charge in [0.1, 0.15) is 5.52 Å². The van der Waals surface area contributed by atoms with Crippen molar-refractivity contribution in [1.82, 2.24) is 19.9 Å². The molecule has 0 fully saturated rings. The van der Waals surface area contributed by atoms with E-state index in [-0.39, 0.29) is 23.9 Å². The van der Waals surface area contributed by atoms with E-state index in [1.165, 1.54) is 0 Å². The lowest BCUT2D eigenvalue weighted by Gasteiger charge is -2.20. The smallest absolute Gasteiger partial charge is 0.227 e. The molecule has 7 nitrogen and oxygen atoms in total. The van der Waals surface area contributed by atoms with Crippen LogP contribution in [0.3, 0.4) is 0 Å². The minimum Gasteiger partial charge on any atom is -0.394 e. The SMILES string of the molecule is CC(C)C(CO)Nc1nc(Nc2cccc(Cl)c2)c2[nH]c(Cl)nc2n1. The Morgan fingerprint density at radius 1 is 1.20 bits per heavy atom. The van der Waals surface area contributed by atoms with Crippen LogP contribution in [0.4, 0.5) is 17.5 Å². The Labute approximate surface area is 154 Å². The van der Waals surface area contributed by atoms with Crippen LogP contribution < -0.4 is 10.6 Å². The highest BCUT2D eigenvalue weighted by Gasteiger charge is 2.17. The van der Waals surface area contributed by atoms with Crippen molar-refractivity contribution in [1.29, 1.82) is 0 Å². The number of nitrogens with zero attached hydrogens (tertiary/aromatic N) is 3. The van der Waals surface area contributed by atoms with Crippen LogP contribution in [0, 0.1) is 5.92 Å². The summed E-state index contributed by atoms with van der Waals surface area (Å²) in [6.45, 7) is 3.98. The maximum atomic E-state index is 9.52. The molecule has 132 valence electrons. The van der Waals surface area contributed by atoms with Gasteiger partial charge in [0.25, 0.3) is 0 Å². The molecule has 1 atom stereocenters. The van der Waals surface area contributed by atoms with Crippen LogP contribution in [0.5, 0.6) is 0 Å². The summed E-state index contributed by atoms with van der Waals surface area (Å²) < 4.78 is 0. The lowest BCUT2D eigenvalue weighted by Crippen LogP contribution is -2.30. The van der Waals surface area contributed by atoms with Crippen LogP contribution >= 0.6 is 23.2 Å². The highest BCUT2D eigenvalue weighted by molar-refractivity contribution is 6.30. The maximum absolute atomic E-state index is 9.52.